The number of carboxylic acid groups (broad SMARTS) is 1. The van der Waals surface area contributed by atoms with Gasteiger partial charge in [-0.25, -0.2) is 4.79 Å². The summed E-state index contributed by atoms with van der Waals surface area (Å²) in [5.74, 6) is -1.49. The predicted molar refractivity (Wildman–Crippen MR) is 64.7 cm³/mol. The van der Waals surface area contributed by atoms with Crippen molar-refractivity contribution in [2.45, 2.75) is 46.1 Å². The highest BCUT2D eigenvalue weighted by molar-refractivity contribution is 6.04. The minimum Gasteiger partial charge on any atom is -0.477 e. The Morgan fingerprint density at radius 3 is 2.44 bits per heavy atom. The second kappa shape index (κ2) is 5.20. The van der Waals surface area contributed by atoms with Gasteiger partial charge in [-0.1, -0.05) is 12.1 Å². The van der Waals surface area contributed by atoms with Crippen LogP contribution in [0.1, 0.15) is 60.7 Å². The van der Waals surface area contributed by atoms with Crippen molar-refractivity contribution in [1.82, 2.24) is 10.5 Å². The number of nitrogens with one attached hydrogen (secondary N) is 1. The Labute approximate surface area is 105 Å². The summed E-state index contributed by atoms with van der Waals surface area (Å²) in [6, 6.07) is 0. The van der Waals surface area contributed by atoms with Gasteiger partial charge in [0.15, 0.2) is 11.5 Å². The molecule has 0 radical (unpaired) electrons. The number of carbonyl (C=O) groups is 2. The topological polar surface area (TPSA) is 92.4 Å². The lowest BCUT2D eigenvalue weighted by Gasteiger charge is -2.19. The van der Waals surface area contributed by atoms with Crippen LogP contribution in [-0.4, -0.2) is 27.7 Å². The van der Waals surface area contributed by atoms with Gasteiger partial charge in [0.05, 0.1) is 0 Å². The van der Waals surface area contributed by atoms with Crippen molar-refractivity contribution in [3.8, 4) is 0 Å². The molecule has 0 saturated heterocycles. The molecule has 18 heavy (non-hydrogen) atoms. The molecule has 0 fully saturated rings. The van der Waals surface area contributed by atoms with Crippen molar-refractivity contribution in [3.05, 3.63) is 17.0 Å². The Balaban J connectivity index is 3.09. The summed E-state index contributed by atoms with van der Waals surface area (Å²) in [6.45, 7) is 7.30. The van der Waals surface area contributed by atoms with Crippen LogP contribution in [0.15, 0.2) is 4.52 Å². The molecule has 1 aromatic rings. The maximum atomic E-state index is 11.9. The quantitative estimate of drug-likeness (QED) is 0.855. The number of carboxylic acids is 1. The van der Waals surface area contributed by atoms with Crippen molar-refractivity contribution >= 4 is 11.9 Å². The lowest BCUT2D eigenvalue weighted by molar-refractivity contribution is 0.0688. The lowest BCUT2D eigenvalue weighted by atomic mass is 10.1. The van der Waals surface area contributed by atoms with Crippen LogP contribution in [0.25, 0.3) is 0 Å². The van der Waals surface area contributed by atoms with E-state index in [4.69, 9.17) is 9.63 Å². The fraction of sp³-hybridized carbons (Fsp3) is 0.583. The minimum atomic E-state index is -1.20. The summed E-state index contributed by atoms with van der Waals surface area (Å²) in [4.78, 5) is 23.1. The number of aromatic carboxylic acids is 1. The number of nitrogens with zero attached hydrogens (tertiary/aromatic N) is 1. The molecular weight excluding hydrogens is 236 g/mol. The van der Waals surface area contributed by atoms with Gasteiger partial charge in [0, 0.05) is 12.0 Å². The molecule has 1 amide bonds. The molecule has 1 rings (SSSR count). The molecule has 1 aromatic heterocycles. The molecule has 0 spiro atoms. The van der Waals surface area contributed by atoms with Crippen molar-refractivity contribution < 1.29 is 19.2 Å². The van der Waals surface area contributed by atoms with E-state index in [-0.39, 0.29) is 17.0 Å². The summed E-state index contributed by atoms with van der Waals surface area (Å²) in [7, 11) is 0. The number of hydrogen-bond acceptors (Lipinski definition) is 4. The molecule has 0 unspecified atom stereocenters. The van der Waals surface area contributed by atoms with Crippen LogP contribution in [0.5, 0.6) is 0 Å². The maximum absolute atomic E-state index is 11.9. The third-order valence-electron chi connectivity index (χ3n) is 2.16. The van der Waals surface area contributed by atoms with E-state index in [1.165, 1.54) is 0 Å². The summed E-state index contributed by atoms with van der Waals surface area (Å²) < 4.78 is 4.94. The molecule has 2 N–H and O–H groups in total. The first-order valence-corrected chi connectivity index (χ1v) is 5.80. The monoisotopic (exact) mass is 254 g/mol. The van der Waals surface area contributed by atoms with Crippen molar-refractivity contribution in [2.24, 2.45) is 0 Å². The highest BCUT2D eigenvalue weighted by atomic mass is 16.5. The Morgan fingerprint density at radius 1 is 1.39 bits per heavy atom. The van der Waals surface area contributed by atoms with Crippen LogP contribution in [0, 0.1) is 0 Å². The number of aromatic nitrogens is 1. The van der Waals surface area contributed by atoms with Gasteiger partial charge in [0.1, 0.15) is 5.56 Å². The van der Waals surface area contributed by atoms with Crippen molar-refractivity contribution in [2.75, 3.05) is 0 Å². The van der Waals surface area contributed by atoms with Gasteiger partial charge in [-0.3, -0.25) is 4.79 Å². The first kappa shape index (κ1) is 14.2. The molecule has 0 bridgehead atoms. The van der Waals surface area contributed by atoms with E-state index in [0.29, 0.717) is 6.42 Å². The molecule has 100 valence electrons. The van der Waals surface area contributed by atoms with Crippen LogP contribution in [0.4, 0.5) is 0 Å². The molecule has 0 aliphatic rings. The number of hydrogen-bond donors (Lipinski definition) is 2. The van der Waals surface area contributed by atoms with Gasteiger partial charge in [-0.05, 0) is 27.2 Å². The van der Waals surface area contributed by atoms with Crippen LogP contribution >= 0.6 is 0 Å². The zero-order valence-corrected chi connectivity index (χ0v) is 11.0. The summed E-state index contributed by atoms with van der Waals surface area (Å²) in [5.41, 5.74) is -0.768. The van der Waals surface area contributed by atoms with E-state index in [1.54, 1.807) is 20.8 Å². The van der Waals surface area contributed by atoms with Gasteiger partial charge >= 0.3 is 5.97 Å². The first-order chi connectivity index (χ1) is 8.26. The summed E-state index contributed by atoms with van der Waals surface area (Å²) in [5, 5.41) is 15.4. The summed E-state index contributed by atoms with van der Waals surface area (Å²) >= 11 is 0. The average molecular weight is 254 g/mol. The van der Waals surface area contributed by atoms with Gasteiger partial charge in [-0.2, -0.15) is 0 Å². The SMILES string of the molecule is CCCc1onc(C(=O)NC(C)(C)C)c1C(=O)O. The molecule has 6 nitrogen and oxygen atoms in total. The highest BCUT2D eigenvalue weighted by Crippen LogP contribution is 2.17. The van der Waals surface area contributed by atoms with Gasteiger partial charge in [0.25, 0.3) is 5.91 Å². The van der Waals surface area contributed by atoms with E-state index in [0.717, 1.165) is 6.42 Å². The van der Waals surface area contributed by atoms with Crippen molar-refractivity contribution in [1.29, 1.82) is 0 Å². The summed E-state index contributed by atoms with van der Waals surface area (Å²) in [6.07, 6.45) is 1.16. The third kappa shape index (κ3) is 3.32. The predicted octanol–water partition coefficient (Wildman–Crippen LogP) is 1.85. The first-order valence-electron chi connectivity index (χ1n) is 5.80. The molecule has 6 heteroatoms. The van der Waals surface area contributed by atoms with E-state index in [9.17, 15) is 9.59 Å². The van der Waals surface area contributed by atoms with Crippen LogP contribution in [0.3, 0.4) is 0 Å². The van der Waals surface area contributed by atoms with E-state index >= 15 is 0 Å². The standard InChI is InChI=1S/C12H18N2O4/c1-5-6-7-8(11(16)17)9(14-18-7)10(15)13-12(2,3)4/h5-6H2,1-4H3,(H,13,15)(H,16,17). The molecule has 0 aliphatic heterocycles. The molecule has 0 aromatic carbocycles. The lowest BCUT2D eigenvalue weighted by Crippen LogP contribution is -2.41. The number of rotatable bonds is 4. The average Bonchev–Trinajstić information content (AvgIpc) is 2.59. The zero-order valence-electron chi connectivity index (χ0n) is 11.0. The van der Waals surface area contributed by atoms with E-state index in [2.05, 4.69) is 10.5 Å². The van der Waals surface area contributed by atoms with Gasteiger partial charge in [0.2, 0.25) is 0 Å². The molecule has 0 saturated carbocycles. The minimum absolute atomic E-state index is 0.140. The van der Waals surface area contributed by atoms with Gasteiger partial charge in [-0.15, -0.1) is 0 Å². The Kier molecular flexibility index (Phi) is 4.11. The zero-order chi connectivity index (χ0) is 13.9. The fourth-order valence-electron chi connectivity index (χ4n) is 1.50. The van der Waals surface area contributed by atoms with E-state index < -0.39 is 17.4 Å². The molecule has 0 atom stereocenters. The van der Waals surface area contributed by atoms with Crippen LogP contribution in [0.2, 0.25) is 0 Å². The number of aryl methyl sites for hydroxylation is 1. The van der Waals surface area contributed by atoms with Crippen LogP contribution < -0.4 is 5.32 Å². The number of amides is 1. The molecule has 1 heterocycles. The van der Waals surface area contributed by atoms with Crippen LogP contribution in [-0.2, 0) is 6.42 Å². The fourth-order valence-corrected chi connectivity index (χ4v) is 1.50. The van der Waals surface area contributed by atoms with Crippen molar-refractivity contribution in [3.63, 3.8) is 0 Å². The third-order valence-corrected chi connectivity index (χ3v) is 2.16. The maximum Gasteiger partial charge on any atom is 0.341 e. The highest BCUT2D eigenvalue weighted by Gasteiger charge is 2.28. The normalized spacial score (nSPS) is 11.3. The molecular formula is C12H18N2O4. The second-order valence-corrected chi connectivity index (χ2v) is 5.09. The smallest absolute Gasteiger partial charge is 0.341 e. The molecule has 0 aliphatic carbocycles. The number of carbonyl (C=O) groups excluding carboxylic acids is 1. The van der Waals surface area contributed by atoms with Gasteiger partial charge < -0.3 is 14.9 Å². The Hall–Kier alpha value is -1.85. The Morgan fingerprint density at radius 2 is 2.00 bits per heavy atom. The largest absolute Gasteiger partial charge is 0.477 e. The Bertz CT molecular complexity index is 457. The van der Waals surface area contributed by atoms with E-state index in [1.807, 2.05) is 6.92 Å². The second-order valence-electron chi connectivity index (χ2n) is 5.09.